The fourth-order valence-corrected chi connectivity index (χ4v) is 4.06. The Morgan fingerprint density at radius 3 is 2.55 bits per heavy atom. The van der Waals surface area contributed by atoms with Crippen molar-refractivity contribution < 1.29 is 18.0 Å². The molecular formula is C21H21F3N4O2S. The summed E-state index contributed by atoms with van der Waals surface area (Å²) in [5.74, 6) is -0.744. The van der Waals surface area contributed by atoms with Crippen LogP contribution in [0.1, 0.15) is 32.7 Å². The van der Waals surface area contributed by atoms with Crippen molar-refractivity contribution in [1.82, 2.24) is 20.0 Å². The predicted molar refractivity (Wildman–Crippen MR) is 113 cm³/mol. The molecule has 0 saturated heterocycles. The van der Waals surface area contributed by atoms with Crippen molar-refractivity contribution in [3.63, 3.8) is 0 Å². The number of amides is 1. The number of likely N-dealkylation sites (N-methyl/N-ethyl adjacent to an activating group) is 1. The highest BCUT2D eigenvalue weighted by atomic mass is 32.1. The van der Waals surface area contributed by atoms with E-state index in [1.165, 1.54) is 36.5 Å². The molecule has 1 atom stereocenters. The van der Waals surface area contributed by atoms with Gasteiger partial charge in [0.1, 0.15) is 0 Å². The topological polar surface area (TPSA) is 67.2 Å². The van der Waals surface area contributed by atoms with Gasteiger partial charge >= 0.3 is 6.18 Å². The Balaban J connectivity index is 1.93. The smallest absolute Gasteiger partial charge is 0.349 e. The first kappa shape index (κ1) is 22.7. The Kier molecular flexibility index (Phi) is 6.61. The van der Waals surface area contributed by atoms with E-state index in [1.54, 1.807) is 0 Å². The maximum atomic E-state index is 13.4. The number of nitrogens with one attached hydrogen (secondary N) is 1. The van der Waals surface area contributed by atoms with E-state index in [0.717, 1.165) is 21.7 Å². The SMILES string of the molecule is Cc1cc(=O)c(C(=O)NCC(c2cccs2)N(C)C)nn1-c1ccccc1C(F)(F)F. The molecule has 6 nitrogen and oxygen atoms in total. The Labute approximate surface area is 180 Å². The van der Waals surface area contributed by atoms with Gasteiger partial charge in [-0.1, -0.05) is 18.2 Å². The van der Waals surface area contributed by atoms with Gasteiger partial charge in [0.2, 0.25) is 5.43 Å². The number of hydrogen-bond acceptors (Lipinski definition) is 5. The first-order chi connectivity index (χ1) is 14.6. The van der Waals surface area contributed by atoms with E-state index in [-0.39, 0.29) is 24.0 Å². The zero-order valence-electron chi connectivity index (χ0n) is 17.1. The first-order valence-electron chi connectivity index (χ1n) is 9.35. The second-order valence-corrected chi connectivity index (χ2v) is 8.11. The monoisotopic (exact) mass is 450 g/mol. The molecule has 0 radical (unpaired) electrons. The summed E-state index contributed by atoms with van der Waals surface area (Å²) in [6.07, 6.45) is -4.62. The lowest BCUT2D eigenvalue weighted by Crippen LogP contribution is -2.37. The average Bonchev–Trinajstić information content (AvgIpc) is 3.21. The normalized spacial score (nSPS) is 12.7. The van der Waals surface area contributed by atoms with Crippen LogP contribution in [0.15, 0.2) is 52.6 Å². The van der Waals surface area contributed by atoms with Gasteiger partial charge in [-0.25, -0.2) is 4.68 Å². The summed E-state index contributed by atoms with van der Waals surface area (Å²) >= 11 is 1.53. The van der Waals surface area contributed by atoms with E-state index < -0.39 is 28.8 Å². The van der Waals surface area contributed by atoms with Gasteiger partial charge in [-0.3, -0.25) is 9.59 Å². The molecular weight excluding hydrogens is 429 g/mol. The molecule has 2 heterocycles. The second kappa shape index (κ2) is 9.03. The third-order valence-electron chi connectivity index (χ3n) is 4.71. The minimum absolute atomic E-state index is 0.123. The van der Waals surface area contributed by atoms with Crippen LogP contribution < -0.4 is 10.7 Å². The summed E-state index contributed by atoms with van der Waals surface area (Å²) in [7, 11) is 3.73. The van der Waals surface area contributed by atoms with Crippen molar-refractivity contribution in [3.8, 4) is 5.69 Å². The summed E-state index contributed by atoms with van der Waals surface area (Å²) in [5.41, 5.74) is -2.11. The van der Waals surface area contributed by atoms with Gasteiger partial charge < -0.3 is 10.2 Å². The van der Waals surface area contributed by atoms with Crippen LogP contribution in [0.25, 0.3) is 5.69 Å². The summed E-state index contributed by atoms with van der Waals surface area (Å²) in [6.45, 7) is 1.67. The molecule has 3 aromatic rings. The molecule has 1 unspecified atom stereocenters. The van der Waals surface area contributed by atoms with Crippen LogP contribution in [0.2, 0.25) is 0 Å². The Morgan fingerprint density at radius 1 is 1.23 bits per heavy atom. The number of thiophene rings is 1. The summed E-state index contributed by atoms with van der Waals surface area (Å²) in [6, 6.07) is 9.70. The number of carbonyl (C=O) groups is 1. The molecule has 1 aromatic carbocycles. The third kappa shape index (κ3) is 5.02. The number of para-hydroxylation sites is 1. The number of halogens is 3. The number of hydrogen-bond donors (Lipinski definition) is 1. The molecule has 0 aliphatic heterocycles. The van der Waals surface area contributed by atoms with E-state index >= 15 is 0 Å². The number of carbonyl (C=O) groups excluding carboxylic acids is 1. The number of aromatic nitrogens is 2. The van der Waals surface area contributed by atoms with Crippen LogP contribution in [0, 0.1) is 6.92 Å². The Bertz CT molecular complexity index is 1120. The lowest BCUT2D eigenvalue weighted by atomic mass is 10.1. The largest absolute Gasteiger partial charge is 0.418 e. The molecule has 10 heteroatoms. The molecule has 1 amide bonds. The third-order valence-corrected chi connectivity index (χ3v) is 5.68. The Morgan fingerprint density at radius 2 is 1.94 bits per heavy atom. The Hall–Kier alpha value is -2.98. The van der Waals surface area contributed by atoms with E-state index in [0.29, 0.717) is 0 Å². The quantitative estimate of drug-likeness (QED) is 0.623. The zero-order valence-corrected chi connectivity index (χ0v) is 17.9. The number of benzene rings is 1. The van der Waals surface area contributed by atoms with Gasteiger partial charge in [-0.05, 0) is 44.6 Å². The van der Waals surface area contributed by atoms with Crippen molar-refractivity contribution in [2.24, 2.45) is 0 Å². The minimum Gasteiger partial charge on any atom is -0.349 e. The molecule has 2 aromatic heterocycles. The molecule has 0 fully saturated rings. The summed E-state index contributed by atoms with van der Waals surface area (Å²) < 4.78 is 41.3. The first-order valence-corrected chi connectivity index (χ1v) is 10.2. The maximum absolute atomic E-state index is 13.4. The lowest BCUT2D eigenvalue weighted by Gasteiger charge is -2.23. The van der Waals surface area contributed by atoms with Crippen molar-refractivity contribution in [2.75, 3.05) is 20.6 Å². The highest BCUT2D eigenvalue weighted by molar-refractivity contribution is 7.10. The van der Waals surface area contributed by atoms with Crippen LogP contribution >= 0.6 is 11.3 Å². The number of aryl methyl sites for hydroxylation is 1. The standard InChI is InChI=1S/C21H21F3N4O2S/c1-13-11-17(29)19(20(30)25-12-16(27(2)3)18-9-6-10-31-18)26-28(13)15-8-5-4-7-14(15)21(22,23)24/h4-11,16H,12H2,1-3H3,(H,25,30). The molecule has 1 N–H and O–H groups in total. The van der Waals surface area contributed by atoms with Gasteiger partial charge in [-0.15, -0.1) is 11.3 Å². The average molecular weight is 450 g/mol. The van der Waals surface area contributed by atoms with Crippen LogP contribution in [0.4, 0.5) is 13.2 Å². The zero-order chi connectivity index (χ0) is 22.8. The fourth-order valence-electron chi connectivity index (χ4n) is 3.14. The van der Waals surface area contributed by atoms with E-state index in [1.807, 2.05) is 36.5 Å². The molecule has 0 aliphatic rings. The predicted octanol–water partition coefficient (Wildman–Crippen LogP) is 3.65. The second-order valence-electron chi connectivity index (χ2n) is 7.13. The van der Waals surface area contributed by atoms with Crippen molar-refractivity contribution in [3.05, 3.63) is 79.9 Å². The van der Waals surface area contributed by atoms with Crippen LogP contribution in [-0.2, 0) is 6.18 Å². The fraction of sp³-hybridized carbons (Fsp3) is 0.286. The molecule has 31 heavy (non-hydrogen) atoms. The number of alkyl halides is 3. The highest BCUT2D eigenvalue weighted by Crippen LogP contribution is 2.33. The van der Waals surface area contributed by atoms with E-state index in [2.05, 4.69) is 10.4 Å². The van der Waals surface area contributed by atoms with E-state index in [9.17, 15) is 22.8 Å². The van der Waals surface area contributed by atoms with Crippen molar-refractivity contribution in [2.45, 2.75) is 19.1 Å². The van der Waals surface area contributed by atoms with Gasteiger partial charge in [0, 0.05) is 23.2 Å². The van der Waals surface area contributed by atoms with Gasteiger partial charge in [-0.2, -0.15) is 18.3 Å². The maximum Gasteiger partial charge on any atom is 0.418 e. The van der Waals surface area contributed by atoms with Crippen molar-refractivity contribution in [1.29, 1.82) is 0 Å². The van der Waals surface area contributed by atoms with Crippen LogP contribution in [-0.4, -0.2) is 41.2 Å². The molecule has 0 bridgehead atoms. The number of rotatable bonds is 6. The van der Waals surface area contributed by atoms with Crippen LogP contribution in [0.3, 0.4) is 0 Å². The molecule has 0 aliphatic carbocycles. The van der Waals surface area contributed by atoms with Crippen LogP contribution in [0.5, 0.6) is 0 Å². The molecule has 3 rings (SSSR count). The molecule has 164 valence electrons. The lowest BCUT2D eigenvalue weighted by molar-refractivity contribution is -0.137. The number of nitrogens with zero attached hydrogens (tertiary/aromatic N) is 3. The van der Waals surface area contributed by atoms with Gasteiger partial charge in [0.05, 0.1) is 17.3 Å². The highest BCUT2D eigenvalue weighted by Gasteiger charge is 2.34. The summed E-state index contributed by atoms with van der Waals surface area (Å²) in [4.78, 5) is 28.1. The van der Waals surface area contributed by atoms with Gasteiger partial charge in [0.25, 0.3) is 5.91 Å². The summed E-state index contributed by atoms with van der Waals surface area (Å²) in [5, 5.41) is 8.59. The minimum atomic E-state index is -4.62. The van der Waals surface area contributed by atoms with Crippen molar-refractivity contribution >= 4 is 17.2 Å². The molecule has 0 spiro atoms. The van der Waals surface area contributed by atoms with Gasteiger partial charge in [0.15, 0.2) is 5.69 Å². The van der Waals surface area contributed by atoms with E-state index in [4.69, 9.17) is 0 Å². The molecule has 0 saturated carbocycles.